The van der Waals surface area contributed by atoms with Crippen molar-refractivity contribution in [3.8, 4) is 0 Å². The first kappa shape index (κ1) is 14.5. The molecular weight excluding hydrogens is 208 g/mol. The lowest BCUT2D eigenvalue weighted by Gasteiger charge is -2.05. The number of hydrogen-bond donors (Lipinski definition) is 0. The summed E-state index contributed by atoms with van der Waals surface area (Å²) in [7, 11) is 0. The molecule has 0 spiro atoms. The van der Waals surface area contributed by atoms with Gasteiger partial charge in [-0.3, -0.25) is 4.79 Å². The Bertz CT molecular complexity index is 230. The van der Waals surface area contributed by atoms with Crippen LogP contribution in [0.5, 0.6) is 0 Å². The summed E-state index contributed by atoms with van der Waals surface area (Å²) in [5.41, 5.74) is 0. The third-order valence-electron chi connectivity index (χ3n) is 3.59. The maximum Gasteiger partial charge on any atom is 0.133 e. The minimum atomic E-state index is 0.438. The van der Waals surface area contributed by atoms with Crippen LogP contribution in [0.25, 0.3) is 0 Å². The van der Waals surface area contributed by atoms with E-state index in [2.05, 4.69) is 19.1 Å². The third-order valence-corrected chi connectivity index (χ3v) is 3.59. The largest absolute Gasteiger partial charge is 0.300 e. The van der Waals surface area contributed by atoms with Crippen LogP contribution in [-0.2, 0) is 4.79 Å². The van der Waals surface area contributed by atoms with Gasteiger partial charge in [0.05, 0.1) is 0 Å². The van der Waals surface area contributed by atoms with Crippen molar-refractivity contribution in [3.63, 3.8) is 0 Å². The van der Waals surface area contributed by atoms with Crippen LogP contribution in [0.1, 0.15) is 77.6 Å². The molecule has 0 aromatic rings. The van der Waals surface area contributed by atoms with Crippen molar-refractivity contribution >= 4 is 5.78 Å². The van der Waals surface area contributed by atoms with Crippen LogP contribution >= 0.6 is 0 Å². The molecule has 0 N–H and O–H groups in total. The van der Waals surface area contributed by atoms with E-state index in [0.29, 0.717) is 11.7 Å². The van der Waals surface area contributed by atoms with E-state index in [1.54, 1.807) is 0 Å². The van der Waals surface area contributed by atoms with E-state index < -0.39 is 0 Å². The molecule has 1 aliphatic rings. The zero-order chi connectivity index (χ0) is 12.3. The number of rotatable bonds is 0. The van der Waals surface area contributed by atoms with Crippen molar-refractivity contribution in [2.24, 2.45) is 5.92 Å². The lowest BCUT2D eigenvalue weighted by atomic mass is 10.00. The average Bonchev–Trinajstić information content (AvgIpc) is 2.30. The van der Waals surface area contributed by atoms with Crippen molar-refractivity contribution < 1.29 is 4.79 Å². The highest BCUT2D eigenvalue weighted by atomic mass is 16.1. The molecule has 0 aromatic heterocycles. The van der Waals surface area contributed by atoms with E-state index in [1.807, 2.05) is 0 Å². The molecule has 0 amide bonds. The number of carbonyl (C=O) groups excluding carboxylic acids is 1. The quantitative estimate of drug-likeness (QED) is 0.538. The monoisotopic (exact) mass is 236 g/mol. The summed E-state index contributed by atoms with van der Waals surface area (Å²) in [4.78, 5) is 11.7. The van der Waals surface area contributed by atoms with Gasteiger partial charge in [-0.2, -0.15) is 0 Å². The van der Waals surface area contributed by atoms with E-state index in [0.717, 1.165) is 19.3 Å². The van der Waals surface area contributed by atoms with E-state index in [4.69, 9.17) is 0 Å². The van der Waals surface area contributed by atoms with Crippen LogP contribution in [0.15, 0.2) is 12.2 Å². The summed E-state index contributed by atoms with van der Waals surface area (Å²) < 4.78 is 0. The Morgan fingerprint density at radius 2 is 1.53 bits per heavy atom. The Hall–Kier alpha value is -0.590. The zero-order valence-corrected chi connectivity index (χ0v) is 11.4. The molecule has 1 atom stereocenters. The van der Waals surface area contributed by atoms with Gasteiger partial charge in [0.15, 0.2) is 0 Å². The smallest absolute Gasteiger partial charge is 0.133 e. The Morgan fingerprint density at radius 3 is 2.24 bits per heavy atom. The maximum absolute atomic E-state index is 11.7. The van der Waals surface area contributed by atoms with E-state index in [-0.39, 0.29) is 0 Å². The number of hydrogen-bond acceptors (Lipinski definition) is 1. The van der Waals surface area contributed by atoms with Crippen molar-refractivity contribution in [2.45, 2.75) is 77.6 Å². The van der Waals surface area contributed by atoms with Crippen molar-refractivity contribution in [1.82, 2.24) is 0 Å². The number of carbonyl (C=O) groups is 1. The molecule has 17 heavy (non-hydrogen) atoms. The number of allylic oxidation sites excluding steroid dienone is 2. The first-order valence-electron chi connectivity index (χ1n) is 7.47. The van der Waals surface area contributed by atoms with E-state index in [9.17, 15) is 4.79 Å². The van der Waals surface area contributed by atoms with Gasteiger partial charge in [0.1, 0.15) is 5.78 Å². The predicted molar refractivity (Wildman–Crippen MR) is 74.1 cm³/mol. The average molecular weight is 236 g/mol. The normalized spacial score (nSPS) is 26.2. The van der Waals surface area contributed by atoms with Crippen LogP contribution in [0.2, 0.25) is 0 Å². The molecule has 1 unspecified atom stereocenters. The molecule has 1 aliphatic carbocycles. The zero-order valence-electron chi connectivity index (χ0n) is 11.4. The van der Waals surface area contributed by atoms with Gasteiger partial charge in [-0.15, -0.1) is 0 Å². The lowest BCUT2D eigenvalue weighted by Crippen LogP contribution is -2.03. The van der Waals surface area contributed by atoms with E-state index in [1.165, 1.54) is 51.4 Å². The van der Waals surface area contributed by atoms with Crippen molar-refractivity contribution in [1.29, 1.82) is 0 Å². The Morgan fingerprint density at radius 1 is 0.941 bits per heavy atom. The molecule has 0 fully saturated rings. The molecular formula is C16H28O. The number of Topliss-reactive ketones (excluding diaryl/α,β-unsaturated/α-hetero) is 1. The second kappa shape index (κ2) is 9.44. The molecule has 0 aromatic carbocycles. The summed E-state index contributed by atoms with van der Waals surface area (Å²) in [6.07, 6.45) is 17.8. The van der Waals surface area contributed by atoms with Crippen LogP contribution in [0.4, 0.5) is 0 Å². The van der Waals surface area contributed by atoms with Crippen LogP contribution < -0.4 is 0 Å². The van der Waals surface area contributed by atoms with Crippen molar-refractivity contribution in [2.75, 3.05) is 0 Å². The summed E-state index contributed by atoms with van der Waals surface area (Å²) in [5, 5.41) is 0. The second-order valence-electron chi connectivity index (χ2n) is 5.52. The van der Waals surface area contributed by atoms with Gasteiger partial charge in [-0.1, -0.05) is 57.6 Å². The maximum atomic E-state index is 11.7. The van der Waals surface area contributed by atoms with Crippen LogP contribution in [0.3, 0.4) is 0 Å². The molecule has 1 heteroatoms. The van der Waals surface area contributed by atoms with Crippen LogP contribution in [0, 0.1) is 5.92 Å². The molecule has 1 rings (SSSR count). The van der Waals surface area contributed by atoms with Crippen LogP contribution in [-0.4, -0.2) is 5.78 Å². The van der Waals surface area contributed by atoms with Gasteiger partial charge in [0.25, 0.3) is 0 Å². The first-order chi connectivity index (χ1) is 8.29. The molecule has 0 aliphatic heterocycles. The summed E-state index contributed by atoms with van der Waals surface area (Å²) in [5.74, 6) is 0.893. The second-order valence-corrected chi connectivity index (χ2v) is 5.52. The molecule has 98 valence electrons. The first-order valence-corrected chi connectivity index (χ1v) is 7.47. The fraction of sp³-hybridized carbons (Fsp3) is 0.812. The van der Waals surface area contributed by atoms with E-state index >= 15 is 0 Å². The van der Waals surface area contributed by atoms with Crippen molar-refractivity contribution in [3.05, 3.63) is 12.2 Å². The lowest BCUT2D eigenvalue weighted by molar-refractivity contribution is -0.119. The highest BCUT2D eigenvalue weighted by Gasteiger charge is 2.06. The summed E-state index contributed by atoms with van der Waals surface area (Å²) >= 11 is 0. The summed E-state index contributed by atoms with van der Waals surface area (Å²) in [6, 6.07) is 0. The Balaban J connectivity index is 2.31. The SMILES string of the molecule is CC1C=CCCCCCCCCCCC(=O)C1. The number of ketones is 1. The fourth-order valence-corrected chi connectivity index (χ4v) is 2.50. The molecule has 0 bridgehead atoms. The molecule has 0 saturated heterocycles. The van der Waals surface area contributed by atoms with Gasteiger partial charge >= 0.3 is 0 Å². The molecule has 0 saturated carbocycles. The Labute approximate surface area is 107 Å². The van der Waals surface area contributed by atoms with Gasteiger partial charge in [-0.05, 0) is 25.2 Å². The minimum absolute atomic E-state index is 0.438. The molecule has 1 nitrogen and oxygen atoms in total. The van der Waals surface area contributed by atoms with Gasteiger partial charge in [0, 0.05) is 12.8 Å². The Kier molecular flexibility index (Phi) is 8.04. The van der Waals surface area contributed by atoms with Gasteiger partial charge in [0.2, 0.25) is 0 Å². The van der Waals surface area contributed by atoms with Gasteiger partial charge in [-0.25, -0.2) is 0 Å². The topological polar surface area (TPSA) is 17.1 Å². The van der Waals surface area contributed by atoms with Gasteiger partial charge < -0.3 is 0 Å². The predicted octanol–water partition coefficient (Wildman–Crippen LogP) is 5.05. The fourth-order valence-electron chi connectivity index (χ4n) is 2.50. The molecule has 0 radical (unpaired) electrons. The standard InChI is InChI=1S/C16H28O/c1-15-12-10-8-6-4-2-3-5-7-9-11-13-16(17)14-15/h10,12,15H,2-9,11,13-14H2,1H3. The minimum Gasteiger partial charge on any atom is -0.300 e. The highest BCUT2D eigenvalue weighted by Crippen LogP contribution is 2.14. The summed E-state index contributed by atoms with van der Waals surface area (Å²) in [6.45, 7) is 2.16. The molecule has 0 heterocycles. The highest BCUT2D eigenvalue weighted by molar-refractivity contribution is 5.78. The third kappa shape index (κ3) is 8.18.